The lowest BCUT2D eigenvalue weighted by atomic mass is 10.0. The van der Waals surface area contributed by atoms with Crippen LogP contribution in [0.25, 0.3) is 0 Å². The Morgan fingerprint density at radius 2 is 2.04 bits per heavy atom. The number of carbonyl (C=O) groups excluding carboxylic acids is 2. The van der Waals surface area contributed by atoms with E-state index in [1.54, 1.807) is 12.1 Å². The average molecular weight is 378 g/mol. The van der Waals surface area contributed by atoms with Gasteiger partial charge in [-0.3, -0.25) is 9.69 Å². The van der Waals surface area contributed by atoms with E-state index in [-0.39, 0.29) is 24.8 Å². The molecule has 2 aliphatic rings. The van der Waals surface area contributed by atoms with Gasteiger partial charge in [-0.05, 0) is 45.1 Å². The average Bonchev–Trinajstić information content (AvgIpc) is 3.01. The van der Waals surface area contributed by atoms with Crippen LogP contribution < -0.4 is 15.1 Å². The Morgan fingerprint density at radius 1 is 1.33 bits per heavy atom. The normalized spacial score (nSPS) is 20.9. The number of rotatable bonds is 5. The fraction of sp³-hybridized carbons (Fsp3) is 0.579. The maximum atomic E-state index is 14.7. The van der Waals surface area contributed by atoms with Crippen molar-refractivity contribution in [3.63, 3.8) is 0 Å². The van der Waals surface area contributed by atoms with Gasteiger partial charge in [0, 0.05) is 26.1 Å². The quantitative estimate of drug-likeness (QED) is 0.847. The van der Waals surface area contributed by atoms with Crippen molar-refractivity contribution in [2.75, 3.05) is 50.1 Å². The van der Waals surface area contributed by atoms with E-state index in [0.717, 1.165) is 25.9 Å². The summed E-state index contributed by atoms with van der Waals surface area (Å²) in [5.41, 5.74) is 1.04. The molecule has 2 fully saturated rings. The zero-order valence-electron chi connectivity index (χ0n) is 16.1. The second kappa shape index (κ2) is 8.12. The summed E-state index contributed by atoms with van der Waals surface area (Å²) < 4.78 is 20.0. The standard InChI is InChI=1S/C19H27FN4O3/c1-13(25)21-11-16-12-24(19(26)27-16)15-4-5-18(17(20)10-15)23-8-6-14(7-9-23)22(2)3/h4-5,10,14,16H,6-9,11-12H2,1-3H3,(H,21,25)/t16-/m0/s1. The third-order valence-electron chi connectivity index (χ3n) is 5.23. The topological polar surface area (TPSA) is 65.1 Å². The lowest BCUT2D eigenvalue weighted by Gasteiger charge is -2.36. The summed E-state index contributed by atoms with van der Waals surface area (Å²) in [6.45, 7) is 3.56. The highest BCUT2D eigenvalue weighted by Crippen LogP contribution is 2.29. The third-order valence-corrected chi connectivity index (χ3v) is 5.23. The molecule has 8 heteroatoms. The molecule has 1 N–H and O–H groups in total. The highest BCUT2D eigenvalue weighted by molar-refractivity contribution is 5.90. The Kier molecular flexibility index (Phi) is 5.84. The Balaban J connectivity index is 1.65. The predicted octanol–water partition coefficient (Wildman–Crippen LogP) is 1.82. The number of ether oxygens (including phenoxy) is 1. The molecule has 0 aromatic heterocycles. The van der Waals surface area contributed by atoms with Crippen molar-refractivity contribution in [1.82, 2.24) is 10.2 Å². The fourth-order valence-electron chi connectivity index (χ4n) is 3.64. The van der Waals surface area contributed by atoms with Crippen LogP contribution in [-0.2, 0) is 9.53 Å². The summed E-state index contributed by atoms with van der Waals surface area (Å²) in [6, 6.07) is 5.40. The number of hydrogen-bond donors (Lipinski definition) is 1. The minimum Gasteiger partial charge on any atom is -0.442 e. The third kappa shape index (κ3) is 4.50. The molecule has 7 nitrogen and oxygen atoms in total. The second-order valence-electron chi connectivity index (χ2n) is 7.37. The maximum absolute atomic E-state index is 14.7. The van der Waals surface area contributed by atoms with Crippen molar-refractivity contribution in [3.8, 4) is 0 Å². The highest BCUT2D eigenvalue weighted by atomic mass is 19.1. The van der Waals surface area contributed by atoms with Crippen molar-refractivity contribution in [2.45, 2.75) is 31.9 Å². The Bertz CT molecular complexity index is 704. The molecule has 2 saturated heterocycles. The molecule has 2 heterocycles. The van der Waals surface area contributed by atoms with Crippen LogP contribution in [0.5, 0.6) is 0 Å². The molecule has 1 aromatic rings. The summed E-state index contributed by atoms with van der Waals surface area (Å²) in [7, 11) is 4.15. The van der Waals surface area contributed by atoms with E-state index in [9.17, 15) is 14.0 Å². The number of cyclic esters (lactones) is 1. The number of anilines is 2. The van der Waals surface area contributed by atoms with Crippen LogP contribution in [0.1, 0.15) is 19.8 Å². The van der Waals surface area contributed by atoms with Crippen molar-refractivity contribution in [3.05, 3.63) is 24.0 Å². The van der Waals surface area contributed by atoms with Crippen molar-refractivity contribution in [1.29, 1.82) is 0 Å². The van der Waals surface area contributed by atoms with Crippen LogP contribution >= 0.6 is 0 Å². The van der Waals surface area contributed by atoms with Gasteiger partial charge in [0.15, 0.2) is 0 Å². The monoisotopic (exact) mass is 378 g/mol. The lowest BCUT2D eigenvalue weighted by Crippen LogP contribution is -2.42. The fourth-order valence-corrected chi connectivity index (χ4v) is 3.64. The first-order valence-corrected chi connectivity index (χ1v) is 9.28. The molecule has 2 amide bonds. The second-order valence-corrected chi connectivity index (χ2v) is 7.37. The largest absolute Gasteiger partial charge is 0.442 e. The van der Waals surface area contributed by atoms with Crippen molar-refractivity contribution in [2.24, 2.45) is 0 Å². The van der Waals surface area contributed by atoms with E-state index in [1.807, 2.05) is 0 Å². The molecule has 0 unspecified atom stereocenters. The molecule has 0 saturated carbocycles. The SMILES string of the molecule is CC(=O)NC[C@H]1CN(c2ccc(N3CCC(N(C)C)CC3)c(F)c2)C(=O)O1. The molecule has 0 radical (unpaired) electrons. The van der Waals surface area contributed by atoms with E-state index in [2.05, 4.69) is 29.2 Å². The molecule has 0 bridgehead atoms. The molecule has 148 valence electrons. The van der Waals surface area contributed by atoms with Gasteiger partial charge in [-0.15, -0.1) is 0 Å². The zero-order chi connectivity index (χ0) is 19.6. The van der Waals surface area contributed by atoms with E-state index in [4.69, 9.17) is 4.74 Å². The molecule has 0 spiro atoms. The lowest BCUT2D eigenvalue weighted by molar-refractivity contribution is -0.119. The van der Waals surface area contributed by atoms with Crippen LogP contribution in [0.2, 0.25) is 0 Å². The van der Waals surface area contributed by atoms with Gasteiger partial charge < -0.3 is 19.9 Å². The summed E-state index contributed by atoms with van der Waals surface area (Å²) in [5.74, 6) is -0.521. The molecule has 1 aromatic carbocycles. The highest BCUT2D eigenvalue weighted by Gasteiger charge is 2.33. The van der Waals surface area contributed by atoms with E-state index in [0.29, 0.717) is 17.4 Å². The number of hydrogen-bond acceptors (Lipinski definition) is 5. The van der Waals surface area contributed by atoms with Crippen LogP contribution in [-0.4, -0.2) is 69.3 Å². The molecule has 0 aliphatic carbocycles. The number of nitrogens with zero attached hydrogens (tertiary/aromatic N) is 3. The van der Waals surface area contributed by atoms with E-state index < -0.39 is 12.2 Å². The molecule has 27 heavy (non-hydrogen) atoms. The minimum atomic E-state index is -0.524. The first kappa shape index (κ1) is 19.4. The van der Waals surface area contributed by atoms with E-state index >= 15 is 0 Å². The first-order chi connectivity index (χ1) is 12.8. The molecular weight excluding hydrogens is 351 g/mol. The Hall–Kier alpha value is -2.35. The number of piperidine rings is 1. The Labute approximate surface area is 159 Å². The van der Waals surface area contributed by atoms with Crippen molar-refractivity contribution >= 4 is 23.4 Å². The van der Waals surface area contributed by atoms with Gasteiger partial charge >= 0.3 is 6.09 Å². The van der Waals surface area contributed by atoms with Gasteiger partial charge in [-0.25, -0.2) is 9.18 Å². The first-order valence-electron chi connectivity index (χ1n) is 9.28. The van der Waals surface area contributed by atoms with Crippen LogP contribution in [0.4, 0.5) is 20.6 Å². The minimum absolute atomic E-state index is 0.182. The summed E-state index contributed by atoms with van der Waals surface area (Å²) >= 11 is 0. The number of benzene rings is 1. The smallest absolute Gasteiger partial charge is 0.414 e. The zero-order valence-corrected chi connectivity index (χ0v) is 16.1. The van der Waals surface area contributed by atoms with Gasteiger partial charge in [0.25, 0.3) is 0 Å². The summed E-state index contributed by atoms with van der Waals surface area (Å²) in [6.07, 6.45) is 1.04. The van der Waals surface area contributed by atoms with Gasteiger partial charge in [0.1, 0.15) is 11.9 Å². The number of halogens is 1. The van der Waals surface area contributed by atoms with Gasteiger partial charge in [0.05, 0.1) is 24.5 Å². The molecule has 1 atom stereocenters. The number of amides is 2. The van der Waals surface area contributed by atoms with Crippen LogP contribution in [0.15, 0.2) is 18.2 Å². The number of carbonyl (C=O) groups is 2. The molecule has 3 rings (SSSR count). The Morgan fingerprint density at radius 3 is 2.63 bits per heavy atom. The number of nitrogens with one attached hydrogen (secondary N) is 1. The maximum Gasteiger partial charge on any atom is 0.414 e. The van der Waals surface area contributed by atoms with Crippen LogP contribution in [0.3, 0.4) is 0 Å². The van der Waals surface area contributed by atoms with E-state index in [1.165, 1.54) is 17.9 Å². The summed E-state index contributed by atoms with van der Waals surface area (Å²) in [5, 5.41) is 2.63. The van der Waals surface area contributed by atoms with Gasteiger partial charge in [0.2, 0.25) is 5.91 Å². The molecule has 2 aliphatic heterocycles. The summed E-state index contributed by atoms with van der Waals surface area (Å²) in [4.78, 5) is 28.8. The molecular formula is C19H27FN4O3. The van der Waals surface area contributed by atoms with Gasteiger partial charge in [-0.2, -0.15) is 0 Å². The predicted molar refractivity (Wildman–Crippen MR) is 102 cm³/mol. The van der Waals surface area contributed by atoms with Gasteiger partial charge in [-0.1, -0.05) is 0 Å². The van der Waals surface area contributed by atoms with Crippen molar-refractivity contribution < 1.29 is 18.7 Å². The van der Waals surface area contributed by atoms with Crippen LogP contribution in [0, 0.1) is 5.82 Å².